The molecule has 1 saturated heterocycles. The lowest BCUT2D eigenvalue weighted by molar-refractivity contribution is -0.137. The number of halogens is 4. The first-order valence-corrected chi connectivity index (χ1v) is 9.43. The van der Waals surface area contributed by atoms with Crippen LogP contribution in [0.1, 0.15) is 40.7 Å². The number of carbonyl (C=O) groups excluding carboxylic acids is 1. The van der Waals surface area contributed by atoms with Crippen LogP contribution in [0.4, 0.5) is 17.6 Å². The number of aromatic nitrogens is 2. The number of likely N-dealkylation sites (tertiary alicyclic amines) is 1. The number of ether oxygens (including phenoxy) is 1. The van der Waals surface area contributed by atoms with Gasteiger partial charge in [0.15, 0.2) is 11.6 Å². The molecule has 10 heteroatoms. The normalized spacial score (nSPS) is 16.5. The Bertz CT molecular complexity index is 1110. The molecule has 1 aliphatic rings. The van der Waals surface area contributed by atoms with E-state index in [0.717, 1.165) is 18.2 Å². The van der Waals surface area contributed by atoms with Crippen LogP contribution in [-0.4, -0.2) is 34.6 Å². The summed E-state index contributed by atoms with van der Waals surface area (Å²) in [6.45, 7) is 0.401. The lowest BCUT2D eigenvalue weighted by Gasteiger charge is -2.22. The Morgan fingerprint density at radius 2 is 2.03 bits per heavy atom. The molecule has 1 aromatic heterocycles. The first kappa shape index (κ1) is 20.8. The summed E-state index contributed by atoms with van der Waals surface area (Å²) in [5, 5.41) is 3.79. The van der Waals surface area contributed by atoms with Crippen molar-refractivity contribution in [2.24, 2.45) is 0 Å². The second-order valence-electron chi connectivity index (χ2n) is 7.04. The maximum Gasteiger partial charge on any atom is 0.416 e. The fourth-order valence-electron chi connectivity index (χ4n) is 3.55. The summed E-state index contributed by atoms with van der Waals surface area (Å²) >= 11 is 0. The molecule has 0 spiro atoms. The highest BCUT2D eigenvalue weighted by Gasteiger charge is 2.35. The van der Waals surface area contributed by atoms with E-state index in [1.807, 2.05) is 0 Å². The molecule has 4 rings (SSSR count). The Morgan fingerprint density at radius 1 is 1.23 bits per heavy atom. The maximum atomic E-state index is 14.0. The maximum absolute atomic E-state index is 14.0. The van der Waals surface area contributed by atoms with E-state index in [0.29, 0.717) is 19.4 Å². The van der Waals surface area contributed by atoms with Crippen LogP contribution in [0.3, 0.4) is 0 Å². The van der Waals surface area contributed by atoms with Gasteiger partial charge in [-0.2, -0.15) is 18.2 Å². The van der Waals surface area contributed by atoms with Gasteiger partial charge in [0.25, 0.3) is 5.91 Å². The second-order valence-corrected chi connectivity index (χ2v) is 7.04. The summed E-state index contributed by atoms with van der Waals surface area (Å²) < 4.78 is 63.1. The van der Waals surface area contributed by atoms with Gasteiger partial charge >= 0.3 is 6.18 Å². The van der Waals surface area contributed by atoms with Crippen molar-refractivity contribution in [3.8, 4) is 17.1 Å². The molecule has 0 radical (unpaired) electrons. The van der Waals surface area contributed by atoms with Gasteiger partial charge in [0.2, 0.25) is 11.7 Å². The van der Waals surface area contributed by atoms with Gasteiger partial charge in [-0.1, -0.05) is 17.3 Å². The highest BCUT2D eigenvalue weighted by Crippen LogP contribution is 2.35. The summed E-state index contributed by atoms with van der Waals surface area (Å²) in [5.74, 6) is -0.933. The molecule has 6 nitrogen and oxygen atoms in total. The van der Waals surface area contributed by atoms with E-state index >= 15 is 0 Å². The molecular weight excluding hydrogens is 418 g/mol. The molecule has 0 bridgehead atoms. The van der Waals surface area contributed by atoms with Crippen molar-refractivity contribution in [1.82, 2.24) is 15.0 Å². The average molecular weight is 435 g/mol. The van der Waals surface area contributed by atoms with Crippen molar-refractivity contribution in [3.63, 3.8) is 0 Å². The zero-order valence-electron chi connectivity index (χ0n) is 16.3. The highest BCUT2D eigenvalue weighted by atomic mass is 19.4. The minimum atomic E-state index is -4.50. The van der Waals surface area contributed by atoms with Gasteiger partial charge in [0.1, 0.15) is 6.04 Å². The van der Waals surface area contributed by atoms with Crippen molar-refractivity contribution >= 4 is 5.91 Å². The predicted molar refractivity (Wildman–Crippen MR) is 101 cm³/mol. The molecule has 1 atom stereocenters. The first-order valence-electron chi connectivity index (χ1n) is 9.43. The number of benzene rings is 2. The van der Waals surface area contributed by atoms with E-state index in [4.69, 9.17) is 9.26 Å². The number of carbonyl (C=O) groups is 1. The minimum Gasteiger partial charge on any atom is -0.494 e. The molecule has 31 heavy (non-hydrogen) atoms. The monoisotopic (exact) mass is 435 g/mol. The predicted octanol–water partition coefficient (Wildman–Crippen LogP) is 4.88. The minimum absolute atomic E-state index is 0.00380. The molecular formula is C21H17F4N3O3. The first-order chi connectivity index (χ1) is 14.8. The van der Waals surface area contributed by atoms with Crippen LogP contribution in [0.2, 0.25) is 0 Å². The Kier molecular flexibility index (Phi) is 5.38. The van der Waals surface area contributed by atoms with Crippen molar-refractivity contribution in [2.45, 2.75) is 25.1 Å². The smallest absolute Gasteiger partial charge is 0.416 e. The third kappa shape index (κ3) is 4.10. The largest absolute Gasteiger partial charge is 0.494 e. The third-order valence-corrected chi connectivity index (χ3v) is 5.09. The molecule has 2 heterocycles. The summed E-state index contributed by atoms with van der Waals surface area (Å²) in [4.78, 5) is 18.6. The second kappa shape index (κ2) is 8.01. The van der Waals surface area contributed by atoms with Gasteiger partial charge in [-0.15, -0.1) is 0 Å². The van der Waals surface area contributed by atoms with Gasteiger partial charge in [0.05, 0.1) is 12.7 Å². The lowest BCUT2D eigenvalue weighted by atomic mass is 10.1. The number of rotatable bonds is 4. The van der Waals surface area contributed by atoms with E-state index in [1.54, 1.807) is 0 Å². The van der Waals surface area contributed by atoms with E-state index < -0.39 is 29.5 Å². The van der Waals surface area contributed by atoms with Crippen LogP contribution in [0.15, 0.2) is 47.0 Å². The van der Waals surface area contributed by atoms with Gasteiger partial charge in [-0.25, -0.2) is 4.39 Å². The van der Waals surface area contributed by atoms with E-state index in [2.05, 4.69) is 10.1 Å². The number of nitrogens with zero attached hydrogens (tertiary/aromatic N) is 3. The fraction of sp³-hybridized carbons (Fsp3) is 0.286. The summed E-state index contributed by atoms with van der Waals surface area (Å²) in [7, 11) is 1.33. The van der Waals surface area contributed by atoms with Crippen LogP contribution < -0.4 is 4.74 Å². The average Bonchev–Trinajstić information content (AvgIpc) is 3.42. The Labute approximate surface area is 174 Å². The Hall–Kier alpha value is -3.43. The molecule has 1 fully saturated rings. The van der Waals surface area contributed by atoms with Crippen molar-refractivity contribution in [2.75, 3.05) is 13.7 Å². The number of alkyl halides is 3. The van der Waals surface area contributed by atoms with Crippen LogP contribution in [0.25, 0.3) is 11.4 Å². The number of methoxy groups -OCH3 is 1. The van der Waals surface area contributed by atoms with Crippen LogP contribution >= 0.6 is 0 Å². The van der Waals surface area contributed by atoms with E-state index in [9.17, 15) is 22.4 Å². The summed E-state index contributed by atoms with van der Waals surface area (Å²) in [6, 6.07) is 7.97. The molecule has 0 N–H and O–H groups in total. The number of amides is 1. The lowest BCUT2D eigenvalue weighted by Crippen LogP contribution is -2.30. The molecule has 0 unspecified atom stereocenters. The van der Waals surface area contributed by atoms with Crippen LogP contribution in [0, 0.1) is 5.82 Å². The number of hydrogen-bond acceptors (Lipinski definition) is 5. The van der Waals surface area contributed by atoms with Crippen molar-refractivity contribution in [1.29, 1.82) is 0 Å². The Balaban J connectivity index is 1.58. The SMILES string of the molecule is COc1ccc(C(=O)N2CCC[C@H]2c2nc(-c3cccc(C(F)(F)F)c3)no2)cc1F. The van der Waals surface area contributed by atoms with E-state index in [-0.39, 0.29) is 28.6 Å². The Morgan fingerprint density at radius 3 is 2.74 bits per heavy atom. The molecule has 162 valence electrons. The molecule has 1 amide bonds. The summed E-state index contributed by atoms with van der Waals surface area (Å²) in [6.07, 6.45) is -3.30. The topological polar surface area (TPSA) is 68.5 Å². The molecule has 3 aromatic rings. The zero-order valence-corrected chi connectivity index (χ0v) is 16.3. The number of hydrogen-bond donors (Lipinski definition) is 0. The standard InChI is InChI=1S/C21H17F4N3O3/c1-30-17-8-7-13(11-15(17)22)20(29)28-9-3-6-16(28)19-26-18(27-31-19)12-4-2-5-14(10-12)21(23,24)25/h2,4-5,7-8,10-11,16H,3,6,9H2,1H3/t16-/m0/s1. The van der Waals surface area contributed by atoms with Gasteiger partial charge in [-0.05, 0) is 43.2 Å². The quantitative estimate of drug-likeness (QED) is 0.547. The molecule has 0 aliphatic carbocycles. The van der Waals surface area contributed by atoms with Crippen molar-refractivity contribution < 1.29 is 31.6 Å². The van der Waals surface area contributed by atoms with Gasteiger partial charge < -0.3 is 14.2 Å². The third-order valence-electron chi connectivity index (χ3n) is 5.09. The van der Waals surface area contributed by atoms with Crippen LogP contribution in [0.5, 0.6) is 5.75 Å². The zero-order chi connectivity index (χ0) is 22.2. The fourth-order valence-corrected chi connectivity index (χ4v) is 3.55. The summed E-state index contributed by atoms with van der Waals surface area (Å²) in [5.41, 5.74) is -0.531. The van der Waals surface area contributed by atoms with Gasteiger partial charge in [-0.3, -0.25) is 4.79 Å². The van der Waals surface area contributed by atoms with Gasteiger partial charge in [0, 0.05) is 17.7 Å². The van der Waals surface area contributed by atoms with Crippen molar-refractivity contribution in [3.05, 3.63) is 65.3 Å². The highest BCUT2D eigenvalue weighted by molar-refractivity contribution is 5.94. The van der Waals surface area contributed by atoms with E-state index in [1.165, 1.54) is 36.3 Å². The molecule has 0 saturated carbocycles. The molecule has 2 aromatic carbocycles. The van der Waals surface area contributed by atoms with Crippen LogP contribution in [-0.2, 0) is 6.18 Å². The molecule has 1 aliphatic heterocycles.